The highest BCUT2D eigenvalue weighted by atomic mass is 32.2. The van der Waals surface area contributed by atoms with Crippen molar-refractivity contribution in [2.75, 3.05) is 26.0 Å². The van der Waals surface area contributed by atoms with Gasteiger partial charge in [0.2, 0.25) is 0 Å². The Hall–Kier alpha value is -2.38. The number of benzene rings is 2. The Kier molecular flexibility index (Phi) is 6.11. The second-order valence-electron chi connectivity index (χ2n) is 8.25. The molecule has 160 valence electrons. The number of amides is 1. The highest BCUT2D eigenvalue weighted by Crippen LogP contribution is 2.26. The number of carbonyl (C=O) groups is 1. The lowest BCUT2D eigenvalue weighted by Gasteiger charge is -2.38. The minimum atomic E-state index is -3.17. The van der Waals surface area contributed by atoms with E-state index >= 15 is 0 Å². The first-order valence-corrected chi connectivity index (χ1v) is 12.3. The number of hydrogen-bond acceptors (Lipinski definition) is 5. The average molecular weight is 429 g/mol. The third-order valence-electron chi connectivity index (χ3n) is 6.03. The predicted octanol–water partition coefficient (Wildman–Crippen LogP) is 3.12. The normalized spacial score (nSPS) is 21.0. The number of carbonyl (C=O) groups excluding carboxylic acids is 1. The zero-order chi connectivity index (χ0) is 21.1. The molecule has 2 aromatic rings. The SMILES string of the molecule is CS(=O)(=O)c1ccc(CN2CCC(N3C(=O)OC[C@@H]3Cc3ccccc3)CC2)cc1. The van der Waals surface area contributed by atoms with Gasteiger partial charge in [0.15, 0.2) is 9.84 Å². The van der Waals surface area contributed by atoms with Crippen molar-refractivity contribution >= 4 is 15.9 Å². The number of piperidine rings is 1. The van der Waals surface area contributed by atoms with Crippen LogP contribution in [0, 0.1) is 0 Å². The molecule has 2 aliphatic heterocycles. The van der Waals surface area contributed by atoms with Gasteiger partial charge < -0.3 is 4.74 Å². The molecule has 30 heavy (non-hydrogen) atoms. The summed E-state index contributed by atoms with van der Waals surface area (Å²) in [5.74, 6) is 0. The second kappa shape index (κ2) is 8.78. The Labute approximate surface area is 178 Å². The molecule has 2 aromatic carbocycles. The summed E-state index contributed by atoms with van der Waals surface area (Å²) in [7, 11) is -3.17. The summed E-state index contributed by atoms with van der Waals surface area (Å²) in [5.41, 5.74) is 2.32. The third kappa shape index (κ3) is 4.84. The molecule has 2 fully saturated rings. The van der Waals surface area contributed by atoms with Crippen LogP contribution in [0.1, 0.15) is 24.0 Å². The molecule has 0 unspecified atom stereocenters. The van der Waals surface area contributed by atoms with E-state index in [-0.39, 0.29) is 18.2 Å². The van der Waals surface area contributed by atoms with Crippen LogP contribution in [0.4, 0.5) is 4.79 Å². The molecule has 0 radical (unpaired) electrons. The fourth-order valence-electron chi connectivity index (χ4n) is 4.42. The molecule has 0 spiro atoms. The first kappa shape index (κ1) is 20.9. The van der Waals surface area contributed by atoms with E-state index in [2.05, 4.69) is 17.0 Å². The number of sulfone groups is 1. The maximum atomic E-state index is 12.4. The van der Waals surface area contributed by atoms with Crippen molar-refractivity contribution in [1.29, 1.82) is 0 Å². The van der Waals surface area contributed by atoms with E-state index < -0.39 is 9.84 Å². The van der Waals surface area contributed by atoms with E-state index in [1.165, 1.54) is 11.8 Å². The van der Waals surface area contributed by atoms with E-state index in [0.717, 1.165) is 44.5 Å². The van der Waals surface area contributed by atoms with Gasteiger partial charge in [0.25, 0.3) is 0 Å². The minimum absolute atomic E-state index is 0.0972. The molecule has 0 bridgehead atoms. The summed E-state index contributed by atoms with van der Waals surface area (Å²) < 4.78 is 28.6. The number of hydrogen-bond donors (Lipinski definition) is 0. The fraction of sp³-hybridized carbons (Fsp3) is 0.435. The number of rotatable bonds is 6. The molecule has 7 heteroatoms. The summed E-state index contributed by atoms with van der Waals surface area (Å²) in [6, 6.07) is 17.7. The van der Waals surface area contributed by atoms with Gasteiger partial charge in [0.05, 0.1) is 10.9 Å². The summed E-state index contributed by atoms with van der Waals surface area (Å²) in [4.78, 5) is 17.1. The molecule has 1 atom stereocenters. The van der Waals surface area contributed by atoms with Crippen molar-refractivity contribution in [3.63, 3.8) is 0 Å². The molecule has 0 N–H and O–H groups in total. The van der Waals surface area contributed by atoms with Crippen molar-refractivity contribution in [2.24, 2.45) is 0 Å². The number of ether oxygens (including phenoxy) is 1. The quantitative estimate of drug-likeness (QED) is 0.707. The average Bonchev–Trinajstić information content (AvgIpc) is 3.09. The van der Waals surface area contributed by atoms with E-state index in [1.54, 1.807) is 12.1 Å². The van der Waals surface area contributed by atoms with Crippen LogP contribution in [0.5, 0.6) is 0 Å². The fourth-order valence-corrected chi connectivity index (χ4v) is 5.05. The van der Waals surface area contributed by atoms with Crippen LogP contribution < -0.4 is 0 Å². The summed E-state index contributed by atoms with van der Waals surface area (Å²) in [6.07, 6.45) is 3.69. The Morgan fingerprint density at radius 3 is 2.27 bits per heavy atom. The van der Waals surface area contributed by atoms with Crippen molar-refractivity contribution in [1.82, 2.24) is 9.80 Å². The maximum Gasteiger partial charge on any atom is 0.410 e. The van der Waals surface area contributed by atoms with Crippen LogP contribution >= 0.6 is 0 Å². The molecule has 6 nitrogen and oxygen atoms in total. The summed E-state index contributed by atoms with van der Waals surface area (Å²) in [5, 5.41) is 0. The molecule has 0 aromatic heterocycles. The summed E-state index contributed by atoms with van der Waals surface area (Å²) in [6.45, 7) is 3.05. The lowest BCUT2D eigenvalue weighted by molar-refractivity contribution is 0.104. The van der Waals surface area contributed by atoms with Crippen molar-refractivity contribution in [3.05, 3.63) is 65.7 Å². The molecule has 0 saturated carbocycles. The lowest BCUT2D eigenvalue weighted by atomic mass is 9.99. The molecular weight excluding hydrogens is 400 g/mol. The van der Waals surface area contributed by atoms with E-state index in [1.807, 2.05) is 35.2 Å². The molecular formula is C23H28N2O4S. The van der Waals surface area contributed by atoms with Gasteiger partial charge in [-0.15, -0.1) is 0 Å². The van der Waals surface area contributed by atoms with Crippen LogP contribution in [0.25, 0.3) is 0 Å². The van der Waals surface area contributed by atoms with E-state index in [9.17, 15) is 13.2 Å². The molecule has 1 amide bonds. The predicted molar refractivity (Wildman–Crippen MR) is 115 cm³/mol. The van der Waals surface area contributed by atoms with Crippen LogP contribution in [-0.4, -0.2) is 62.3 Å². The van der Waals surface area contributed by atoms with Gasteiger partial charge in [-0.25, -0.2) is 13.2 Å². The molecule has 2 saturated heterocycles. The van der Waals surface area contributed by atoms with Gasteiger partial charge in [-0.2, -0.15) is 0 Å². The van der Waals surface area contributed by atoms with E-state index in [0.29, 0.717) is 11.5 Å². The van der Waals surface area contributed by atoms with Gasteiger partial charge in [-0.1, -0.05) is 42.5 Å². The first-order valence-electron chi connectivity index (χ1n) is 10.4. The van der Waals surface area contributed by atoms with Crippen molar-refractivity contribution < 1.29 is 17.9 Å². The Morgan fingerprint density at radius 1 is 0.967 bits per heavy atom. The minimum Gasteiger partial charge on any atom is -0.447 e. The summed E-state index contributed by atoms with van der Waals surface area (Å²) >= 11 is 0. The van der Waals surface area contributed by atoms with Gasteiger partial charge in [-0.3, -0.25) is 9.80 Å². The Balaban J connectivity index is 1.33. The van der Waals surface area contributed by atoms with Crippen LogP contribution in [0.3, 0.4) is 0 Å². The molecule has 0 aliphatic carbocycles. The zero-order valence-corrected chi connectivity index (χ0v) is 18.1. The largest absolute Gasteiger partial charge is 0.447 e. The lowest BCUT2D eigenvalue weighted by Crippen LogP contribution is -2.48. The Bertz CT molecular complexity index is 968. The molecule has 2 aliphatic rings. The highest BCUT2D eigenvalue weighted by Gasteiger charge is 2.39. The second-order valence-corrected chi connectivity index (χ2v) is 10.3. The van der Waals surface area contributed by atoms with Gasteiger partial charge in [0.1, 0.15) is 6.61 Å². The maximum absolute atomic E-state index is 12.4. The zero-order valence-electron chi connectivity index (χ0n) is 17.2. The third-order valence-corrected chi connectivity index (χ3v) is 7.15. The van der Waals surface area contributed by atoms with Crippen LogP contribution in [0.2, 0.25) is 0 Å². The van der Waals surface area contributed by atoms with Gasteiger partial charge in [-0.05, 0) is 42.5 Å². The highest BCUT2D eigenvalue weighted by molar-refractivity contribution is 7.90. The standard InChI is InChI=1S/C23H28N2O4S/c1-30(27,28)22-9-7-19(8-10-22)16-24-13-11-20(12-14-24)25-21(17-29-23(25)26)15-18-5-3-2-4-6-18/h2-10,20-21H,11-17H2,1H3/t21-/m0/s1. The first-order chi connectivity index (χ1) is 14.4. The van der Waals surface area contributed by atoms with Crippen LogP contribution in [-0.2, 0) is 27.5 Å². The number of cyclic esters (lactones) is 1. The molecule has 4 rings (SSSR count). The van der Waals surface area contributed by atoms with Crippen LogP contribution in [0.15, 0.2) is 59.5 Å². The van der Waals surface area contributed by atoms with E-state index in [4.69, 9.17) is 4.74 Å². The molecule has 2 heterocycles. The number of likely N-dealkylation sites (tertiary alicyclic amines) is 1. The monoisotopic (exact) mass is 428 g/mol. The smallest absolute Gasteiger partial charge is 0.410 e. The van der Waals surface area contributed by atoms with Gasteiger partial charge >= 0.3 is 6.09 Å². The van der Waals surface area contributed by atoms with Crippen molar-refractivity contribution in [3.8, 4) is 0 Å². The number of nitrogens with zero attached hydrogens (tertiary/aromatic N) is 2. The Morgan fingerprint density at radius 2 is 1.63 bits per heavy atom. The van der Waals surface area contributed by atoms with Gasteiger partial charge in [0, 0.05) is 31.9 Å². The topological polar surface area (TPSA) is 66.9 Å². The van der Waals surface area contributed by atoms with Crippen molar-refractivity contribution in [2.45, 2.75) is 42.8 Å².